The molecule has 32 heavy (non-hydrogen) atoms. The van der Waals surface area contributed by atoms with E-state index in [0.29, 0.717) is 24.3 Å². The Bertz CT molecular complexity index is 914. The van der Waals surface area contributed by atoms with Crippen molar-refractivity contribution in [2.24, 2.45) is 0 Å². The molecule has 3 heterocycles. The summed E-state index contributed by atoms with van der Waals surface area (Å²) in [6, 6.07) is 10.1. The number of nitrogens with zero attached hydrogens (tertiary/aromatic N) is 6. The van der Waals surface area contributed by atoms with Gasteiger partial charge in [-0.3, -0.25) is 4.79 Å². The average molecular weight is 438 g/mol. The molecule has 2 saturated heterocycles. The fourth-order valence-corrected chi connectivity index (χ4v) is 4.36. The van der Waals surface area contributed by atoms with Gasteiger partial charge in [-0.2, -0.15) is 0 Å². The Kier molecular flexibility index (Phi) is 6.81. The molecule has 2 fully saturated rings. The topological polar surface area (TPSA) is 72.2 Å². The van der Waals surface area contributed by atoms with Crippen LogP contribution in [0.2, 0.25) is 0 Å². The van der Waals surface area contributed by atoms with E-state index in [1.54, 1.807) is 0 Å². The normalized spacial score (nSPS) is 17.8. The van der Waals surface area contributed by atoms with Crippen molar-refractivity contribution >= 4 is 23.1 Å². The lowest BCUT2D eigenvalue weighted by Crippen LogP contribution is -2.49. The third-order valence-electron chi connectivity index (χ3n) is 6.33. The molecule has 2 aromatic rings. The first-order chi connectivity index (χ1) is 15.4. The maximum atomic E-state index is 13.3. The molecule has 0 atom stereocenters. The van der Waals surface area contributed by atoms with Crippen molar-refractivity contribution in [2.75, 3.05) is 89.0 Å². The van der Waals surface area contributed by atoms with Crippen LogP contribution in [0, 0.1) is 0 Å². The second-order valence-corrected chi connectivity index (χ2v) is 9.10. The Hall–Kier alpha value is -2.84. The minimum atomic E-state index is 0.0208. The zero-order valence-electron chi connectivity index (χ0n) is 19.5. The lowest BCUT2D eigenvalue weighted by molar-refractivity contribution is 0.0747. The predicted molar refractivity (Wildman–Crippen MR) is 130 cm³/mol. The predicted octanol–water partition coefficient (Wildman–Crippen LogP) is 1.44. The van der Waals surface area contributed by atoms with E-state index in [2.05, 4.69) is 57.9 Å². The molecule has 4 rings (SSSR count). The fourth-order valence-electron chi connectivity index (χ4n) is 4.36. The second kappa shape index (κ2) is 9.75. The van der Waals surface area contributed by atoms with E-state index >= 15 is 0 Å². The van der Waals surface area contributed by atoms with Gasteiger partial charge in [0.05, 0.1) is 5.56 Å². The molecule has 0 spiro atoms. The van der Waals surface area contributed by atoms with E-state index in [-0.39, 0.29) is 5.91 Å². The summed E-state index contributed by atoms with van der Waals surface area (Å²) in [5.41, 5.74) is 9.66. The summed E-state index contributed by atoms with van der Waals surface area (Å²) in [6.45, 7) is 7.73. The molecular formula is C24H35N7O. The van der Waals surface area contributed by atoms with Gasteiger partial charge in [0.1, 0.15) is 5.82 Å². The van der Waals surface area contributed by atoms with Gasteiger partial charge < -0.3 is 30.2 Å². The van der Waals surface area contributed by atoms with Crippen LogP contribution in [0.4, 0.5) is 17.2 Å². The number of rotatable bonds is 5. The molecule has 0 unspecified atom stereocenters. The molecule has 0 saturated carbocycles. The molecule has 8 heteroatoms. The smallest absolute Gasteiger partial charge is 0.256 e. The number of nitrogens with two attached hydrogens (primary N) is 1. The summed E-state index contributed by atoms with van der Waals surface area (Å²) >= 11 is 0. The summed E-state index contributed by atoms with van der Waals surface area (Å²) in [5, 5.41) is 0. The van der Waals surface area contributed by atoms with Crippen LogP contribution < -0.4 is 15.5 Å². The van der Waals surface area contributed by atoms with E-state index in [0.717, 1.165) is 57.3 Å². The highest BCUT2D eigenvalue weighted by atomic mass is 16.2. The van der Waals surface area contributed by atoms with Crippen molar-refractivity contribution in [3.8, 4) is 0 Å². The van der Waals surface area contributed by atoms with Gasteiger partial charge >= 0.3 is 0 Å². The van der Waals surface area contributed by atoms with Gasteiger partial charge in [-0.15, -0.1) is 0 Å². The van der Waals surface area contributed by atoms with Crippen LogP contribution in [0.15, 0.2) is 36.5 Å². The van der Waals surface area contributed by atoms with Crippen molar-refractivity contribution in [1.29, 1.82) is 0 Å². The van der Waals surface area contributed by atoms with Crippen LogP contribution in [0.5, 0.6) is 0 Å². The maximum absolute atomic E-state index is 13.3. The fraction of sp³-hybridized carbons (Fsp3) is 0.500. The lowest BCUT2D eigenvalue weighted by atomic mass is 10.1. The number of nitrogen functional groups attached to an aromatic ring is 1. The third-order valence-corrected chi connectivity index (χ3v) is 6.33. The van der Waals surface area contributed by atoms with Crippen molar-refractivity contribution in [1.82, 2.24) is 19.7 Å². The first kappa shape index (κ1) is 22.4. The van der Waals surface area contributed by atoms with E-state index in [1.165, 1.54) is 5.56 Å². The van der Waals surface area contributed by atoms with E-state index in [9.17, 15) is 4.79 Å². The number of carbonyl (C=O) groups excluding carboxylic acids is 1. The molecule has 2 N–H and O–H groups in total. The molecule has 0 aliphatic carbocycles. The Morgan fingerprint density at radius 1 is 0.969 bits per heavy atom. The van der Waals surface area contributed by atoms with E-state index in [1.807, 2.05) is 29.3 Å². The summed E-state index contributed by atoms with van der Waals surface area (Å²) in [7, 11) is 6.25. The lowest BCUT2D eigenvalue weighted by Gasteiger charge is -2.36. The van der Waals surface area contributed by atoms with Crippen LogP contribution >= 0.6 is 0 Å². The Balaban J connectivity index is 1.38. The largest absolute Gasteiger partial charge is 0.398 e. The Morgan fingerprint density at radius 2 is 1.66 bits per heavy atom. The minimum Gasteiger partial charge on any atom is -0.398 e. The van der Waals surface area contributed by atoms with Crippen LogP contribution in [-0.2, 0) is 6.54 Å². The zero-order valence-corrected chi connectivity index (χ0v) is 19.5. The standard InChI is InChI=1S/C24H35N7O/c1-27(2)18-19-4-7-23(26-17-19)30-12-14-31(15-13-30)24(32)21-16-20(5-6-22(21)25)29-10-8-28(3)9-11-29/h4-7,16-17H,8-15,18,25H2,1-3H3. The van der Waals surface area contributed by atoms with Gasteiger partial charge in [-0.05, 0) is 51.0 Å². The van der Waals surface area contributed by atoms with Gasteiger partial charge in [0.2, 0.25) is 0 Å². The molecule has 2 aliphatic heterocycles. The SMILES string of the molecule is CN(C)Cc1ccc(N2CCN(C(=O)c3cc(N4CCN(C)CC4)ccc3N)CC2)nc1. The Labute approximate surface area is 191 Å². The van der Waals surface area contributed by atoms with Crippen LogP contribution in [0.1, 0.15) is 15.9 Å². The molecule has 2 aliphatic rings. The van der Waals surface area contributed by atoms with Gasteiger partial charge in [0, 0.05) is 76.5 Å². The maximum Gasteiger partial charge on any atom is 0.256 e. The van der Waals surface area contributed by atoms with Crippen molar-refractivity contribution < 1.29 is 4.79 Å². The van der Waals surface area contributed by atoms with Crippen LogP contribution in [-0.4, -0.2) is 99.1 Å². The first-order valence-corrected chi connectivity index (χ1v) is 11.4. The molecular weight excluding hydrogens is 402 g/mol. The number of carbonyl (C=O) groups is 1. The van der Waals surface area contributed by atoms with Crippen molar-refractivity contribution in [2.45, 2.75) is 6.54 Å². The first-order valence-electron chi connectivity index (χ1n) is 11.4. The molecule has 1 amide bonds. The number of likely N-dealkylation sites (N-methyl/N-ethyl adjacent to an activating group) is 1. The highest BCUT2D eigenvalue weighted by molar-refractivity contribution is 6.00. The highest BCUT2D eigenvalue weighted by Crippen LogP contribution is 2.24. The quantitative estimate of drug-likeness (QED) is 0.710. The number of amides is 1. The average Bonchev–Trinajstić information content (AvgIpc) is 2.80. The number of piperazine rings is 2. The van der Waals surface area contributed by atoms with Crippen molar-refractivity contribution in [3.05, 3.63) is 47.7 Å². The highest BCUT2D eigenvalue weighted by Gasteiger charge is 2.25. The molecule has 8 nitrogen and oxygen atoms in total. The second-order valence-electron chi connectivity index (χ2n) is 9.10. The third kappa shape index (κ3) is 5.14. The summed E-state index contributed by atoms with van der Waals surface area (Å²) in [5.74, 6) is 0.989. The number of benzene rings is 1. The molecule has 1 aromatic heterocycles. The molecule has 172 valence electrons. The summed E-state index contributed by atoms with van der Waals surface area (Å²) < 4.78 is 0. The molecule has 0 bridgehead atoms. The van der Waals surface area contributed by atoms with E-state index in [4.69, 9.17) is 5.73 Å². The van der Waals surface area contributed by atoms with Gasteiger partial charge in [-0.25, -0.2) is 4.98 Å². The number of aromatic nitrogens is 1. The number of pyridine rings is 1. The summed E-state index contributed by atoms with van der Waals surface area (Å²) in [6.07, 6.45) is 1.94. The van der Waals surface area contributed by atoms with Gasteiger partial charge in [-0.1, -0.05) is 6.07 Å². The molecule has 0 radical (unpaired) electrons. The minimum absolute atomic E-state index is 0.0208. The number of hydrogen-bond acceptors (Lipinski definition) is 7. The monoisotopic (exact) mass is 437 g/mol. The van der Waals surface area contributed by atoms with Crippen LogP contribution in [0.3, 0.4) is 0 Å². The number of anilines is 3. The van der Waals surface area contributed by atoms with Gasteiger partial charge in [0.25, 0.3) is 5.91 Å². The van der Waals surface area contributed by atoms with Gasteiger partial charge in [0.15, 0.2) is 0 Å². The van der Waals surface area contributed by atoms with Crippen molar-refractivity contribution in [3.63, 3.8) is 0 Å². The summed E-state index contributed by atoms with van der Waals surface area (Å²) in [4.78, 5) is 28.9. The van der Waals surface area contributed by atoms with Crippen LogP contribution in [0.25, 0.3) is 0 Å². The molecule has 1 aromatic carbocycles. The zero-order chi connectivity index (χ0) is 22.7. The van der Waals surface area contributed by atoms with E-state index < -0.39 is 0 Å². The number of hydrogen-bond donors (Lipinski definition) is 1. The Morgan fingerprint density at radius 3 is 2.28 bits per heavy atom.